The molecule has 2 nitrogen and oxygen atoms in total. The van der Waals surface area contributed by atoms with Gasteiger partial charge in [0, 0.05) is 6.04 Å². The first kappa shape index (κ1) is 14.2. The average molecular weight is 273 g/mol. The minimum atomic E-state index is -4.33. The summed E-state index contributed by atoms with van der Waals surface area (Å²) in [6.07, 6.45) is -0.804. The molecule has 1 aliphatic heterocycles. The van der Waals surface area contributed by atoms with E-state index < -0.39 is 11.7 Å². The second-order valence-electron chi connectivity index (χ2n) is 4.87. The largest absolute Gasteiger partial charge is 0.497 e. The van der Waals surface area contributed by atoms with E-state index in [0.29, 0.717) is 12.0 Å². The summed E-state index contributed by atoms with van der Waals surface area (Å²) in [6, 6.07) is 4.34. The molecule has 1 N–H and O–H groups in total. The molecular formula is C14H18F3NO. The Balaban J connectivity index is 2.23. The third kappa shape index (κ3) is 3.62. The summed E-state index contributed by atoms with van der Waals surface area (Å²) in [6.45, 7) is 0.891. The van der Waals surface area contributed by atoms with Crippen LogP contribution < -0.4 is 10.1 Å². The van der Waals surface area contributed by atoms with Crippen LogP contribution in [-0.4, -0.2) is 19.7 Å². The van der Waals surface area contributed by atoms with Crippen LogP contribution in [0.25, 0.3) is 0 Å². The van der Waals surface area contributed by atoms with Crippen molar-refractivity contribution in [1.82, 2.24) is 5.32 Å². The van der Waals surface area contributed by atoms with Crippen molar-refractivity contribution < 1.29 is 17.9 Å². The quantitative estimate of drug-likeness (QED) is 0.911. The molecule has 0 saturated carbocycles. The highest BCUT2D eigenvalue weighted by molar-refractivity contribution is 5.38. The number of ether oxygens (including phenoxy) is 1. The van der Waals surface area contributed by atoms with Gasteiger partial charge >= 0.3 is 6.18 Å². The van der Waals surface area contributed by atoms with Gasteiger partial charge in [0.25, 0.3) is 0 Å². The summed E-state index contributed by atoms with van der Waals surface area (Å²) in [5.74, 6) is 0.243. The van der Waals surface area contributed by atoms with Crippen molar-refractivity contribution in [2.24, 2.45) is 0 Å². The van der Waals surface area contributed by atoms with Crippen LogP contribution >= 0.6 is 0 Å². The molecule has 1 unspecified atom stereocenters. The van der Waals surface area contributed by atoms with Crippen LogP contribution in [0.4, 0.5) is 13.2 Å². The molecule has 0 spiro atoms. The molecule has 0 bridgehead atoms. The molecule has 0 aromatic heterocycles. The molecule has 0 aliphatic carbocycles. The zero-order chi connectivity index (χ0) is 13.9. The van der Waals surface area contributed by atoms with E-state index in [0.717, 1.165) is 31.9 Å². The van der Waals surface area contributed by atoms with E-state index >= 15 is 0 Å². The molecule has 5 heteroatoms. The lowest BCUT2D eigenvalue weighted by Gasteiger charge is -2.25. The Labute approximate surface area is 111 Å². The van der Waals surface area contributed by atoms with Crippen molar-refractivity contribution in [3.63, 3.8) is 0 Å². The normalized spacial score (nSPS) is 20.3. The summed E-state index contributed by atoms with van der Waals surface area (Å²) in [7, 11) is 1.37. The summed E-state index contributed by atoms with van der Waals surface area (Å²) in [5, 5.41) is 3.28. The zero-order valence-electron chi connectivity index (χ0n) is 10.9. The van der Waals surface area contributed by atoms with E-state index in [9.17, 15) is 13.2 Å². The third-order valence-corrected chi connectivity index (χ3v) is 3.50. The Bertz CT molecular complexity index is 425. The number of methoxy groups -OCH3 is 1. The average Bonchev–Trinajstić information content (AvgIpc) is 2.39. The zero-order valence-corrected chi connectivity index (χ0v) is 10.9. The van der Waals surface area contributed by atoms with Crippen molar-refractivity contribution in [2.75, 3.05) is 13.7 Å². The Morgan fingerprint density at radius 1 is 1.32 bits per heavy atom. The maximum absolute atomic E-state index is 13.0. The van der Waals surface area contributed by atoms with Gasteiger partial charge in [0.15, 0.2) is 0 Å². The van der Waals surface area contributed by atoms with Gasteiger partial charge in [0.05, 0.1) is 12.7 Å². The number of piperidine rings is 1. The lowest BCUT2D eigenvalue weighted by Crippen LogP contribution is -2.36. The van der Waals surface area contributed by atoms with E-state index in [1.54, 1.807) is 6.07 Å². The van der Waals surface area contributed by atoms with E-state index in [2.05, 4.69) is 5.32 Å². The first-order valence-electron chi connectivity index (χ1n) is 6.48. The second kappa shape index (κ2) is 5.82. The standard InChI is InChI=1S/C14H18F3NO/c1-19-12-6-5-10(13(9-12)14(15,16)17)8-11-4-2-3-7-18-11/h5-6,9,11,18H,2-4,7-8H2,1H3. The minimum Gasteiger partial charge on any atom is -0.497 e. The van der Waals surface area contributed by atoms with Gasteiger partial charge in [0.2, 0.25) is 0 Å². The Morgan fingerprint density at radius 3 is 2.68 bits per heavy atom. The molecular weight excluding hydrogens is 255 g/mol. The Kier molecular flexibility index (Phi) is 4.34. The van der Waals surface area contributed by atoms with E-state index in [1.165, 1.54) is 13.2 Å². The van der Waals surface area contributed by atoms with E-state index in [1.807, 2.05) is 0 Å². The van der Waals surface area contributed by atoms with Gasteiger partial charge in [0.1, 0.15) is 5.75 Å². The summed E-state index contributed by atoms with van der Waals surface area (Å²) in [4.78, 5) is 0. The molecule has 106 valence electrons. The Hall–Kier alpha value is -1.23. The van der Waals surface area contributed by atoms with Crippen molar-refractivity contribution in [3.8, 4) is 5.75 Å². The molecule has 1 heterocycles. The van der Waals surface area contributed by atoms with Gasteiger partial charge in [-0.1, -0.05) is 12.5 Å². The van der Waals surface area contributed by atoms with Crippen molar-refractivity contribution in [2.45, 2.75) is 37.9 Å². The number of rotatable bonds is 3. The molecule has 0 radical (unpaired) electrons. The number of hydrogen-bond donors (Lipinski definition) is 1. The number of halogens is 3. The van der Waals surface area contributed by atoms with Gasteiger partial charge < -0.3 is 10.1 Å². The van der Waals surface area contributed by atoms with Crippen LogP contribution in [0.5, 0.6) is 5.75 Å². The number of nitrogens with one attached hydrogen (secondary N) is 1. The van der Waals surface area contributed by atoms with E-state index in [4.69, 9.17) is 4.74 Å². The topological polar surface area (TPSA) is 21.3 Å². The molecule has 0 amide bonds. The van der Waals surface area contributed by atoms with Crippen LogP contribution in [0.3, 0.4) is 0 Å². The summed E-state index contributed by atoms with van der Waals surface area (Å²) < 4.78 is 44.0. The van der Waals surface area contributed by atoms with Crippen LogP contribution in [0.15, 0.2) is 18.2 Å². The van der Waals surface area contributed by atoms with Crippen molar-refractivity contribution in [3.05, 3.63) is 29.3 Å². The summed E-state index contributed by atoms with van der Waals surface area (Å²) in [5.41, 5.74) is -0.244. The molecule has 1 fully saturated rings. The van der Waals surface area contributed by atoms with Crippen LogP contribution in [0.2, 0.25) is 0 Å². The van der Waals surface area contributed by atoms with Crippen molar-refractivity contribution >= 4 is 0 Å². The van der Waals surface area contributed by atoms with Crippen LogP contribution in [0.1, 0.15) is 30.4 Å². The maximum Gasteiger partial charge on any atom is 0.416 e. The van der Waals surface area contributed by atoms with Gasteiger partial charge in [-0.05, 0) is 43.5 Å². The van der Waals surface area contributed by atoms with Crippen LogP contribution in [0, 0.1) is 0 Å². The molecule has 1 saturated heterocycles. The highest BCUT2D eigenvalue weighted by Crippen LogP contribution is 2.35. The highest BCUT2D eigenvalue weighted by atomic mass is 19.4. The molecule has 2 rings (SSSR count). The third-order valence-electron chi connectivity index (χ3n) is 3.50. The lowest BCUT2D eigenvalue weighted by atomic mass is 9.94. The molecule has 1 aromatic carbocycles. The fourth-order valence-electron chi connectivity index (χ4n) is 2.49. The van der Waals surface area contributed by atoms with Gasteiger partial charge in [-0.2, -0.15) is 13.2 Å². The van der Waals surface area contributed by atoms with E-state index in [-0.39, 0.29) is 11.8 Å². The predicted molar refractivity (Wildman–Crippen MR) is 67.3 cm³/mol. The summed E-state index contributed by atoms with van der Waals surface area (Å²) >= 11 is 0. The predicted octanol–water partition coefficient (Wildman–Crippen LogP) is 3.40. The molecule has 19 heavy (non-hydrogen) atoms. The SMILES string of the molecule is COc1ccc(CC2CCCCN2)c(C(F)(F)F)c1. The smallest absolute Gasteiger partial charge is 0.416 e. The van der Waals surface area contributed by atoms with Gasteiger partial charge in [-0.15, -0.1) is 0 Å². The molecule has 1 aliphatic rings. The second-order valence-corrected chi connectivity index (χ2v) is 4.87. The van der Waals surface area contributed by atoms with Crippen molar-refractivity contribution in [1.29, 1.82) is 0 Å². The Morgan fingerprint density at radius 2 is 2.11 bits per heavy atom. The molecule has 1 aromatic rings. The molecule has 1 atom stereocenters. The number of alkyl halides is 3. The number of benzene rings is 1. The monoisotopic (exact) mass is 273 g/mol. The van der Waals surface area contributed by atoms with Gasteiger partial charge in [-0.25, -0.2) is 0 Å². The fraction of sp³-hybridized carbons (Fsp3) is 0.571. The highest BCUT2D eigenvalue weighted by Gasteiger charge is 2.34. The minimum absolute atomic E-state index is 0.142. The number of hydrogen-bond acceptors (Lipinski definition) is 2. The lowest BCUT2D eigenvalue weighted by molar-refractivity contribution is -0.138. The van der Waals surface area contributed by atoms with Crippen LogP contribution in [-0.2, 0) is 12.6 Å². The fourth-order valence-corrected chi connectivity index (χ4v) is 2.49. The first-order valence-corrected chi connectivity index (χ1v) is 6.48. The maximum atomic E-state index is 13.0. The first-order chi connectivity index (χ1) is 9.00. The van der Waals surface area contributed by atoms with Gasteiger partial charge in [-0.3, -0.25) is 0 Å².